The molecule has 3 aromatic rings. The number of nitrogens with one attached hydrogen (secondary N) is 2. The van der Waals surface area contributed by atoms with Crippen molar-refractivity contribution in [3.63, 3.8) is 0 Å². The zero-order valence-corrected chi connectivity index (χ0v) is 17.1. The monoisotopic (exact) mass is 425 g/mol. The molecule has 2 amide bonds. The topological polar surface area (TPSA) is 100 Å². The number of halogens is 1. The van der Waals surface area contributed by atoms with Gasteiger partial charge in [-0.15, -0.1) is 0 Å². The van der Waals surface area contributed by atoms with Crippen LogP contribution in [0.4, 0.5) is 5.69 Å². The van der Waals surface area contributed by atoms with Gasteiger partial charge in [0.1, 0.15) is 11.6 Å². The summed E-state index contributed by atoms with van der Waals surface area (Å²) < 4.78 is 5.15. The largest absolute Gasteiger partial charge is 0.497 e. The number of aromatic amines is 1. The Morgan fingerprint density at radius 1 is 1.27 bits per heavy atom. The Morgan fingerprint density at radius 3 is 2.77 bits per heavy atom. The zero-order chi connectivity index (χ0) is 21.1. The van der Waals surface area contributed by atoms with Crippen LogP contribution in [0, 0.1) is 0 Å². The lowest BCUT2D eigenvalue weighted by atomic mass is 10.1. The SMILES string of the molecule is COc1ccc(-c2n[nH]c(CNC(=O)c3ccc(Cl)cc3N3CCCC3=O)n2)cc1. The van der Waals surface area contributed by atoms with Crippen LogP contribution in [0.2, 0.25) is 5.02 Å². The number of methoxy groups -OCH3 is 1. The Kier molecular flexibility index (Phi) is 5.67. The van der Waals surface area contributed by atoms with Gasteiger partial charge < -0.3 is 15.0 Å². The molecule has 0 aliphatic carbocycles. The maximum Gasteiger partial charge on any atom is 0.253 e. The molecule has 1 saturated heterocycles. The first kappa shape index (κ1) is 19.9. The summed E-state index contributed by atoms with van der Waals surface area (Å²) in [6, 6.07) is 12.3. The van der Waals surface area contributed by atoms with Gasteiger partial charge in [0.25, 0.3) is 5.91 Å². The summed E-state index contributed by atoms with van der Waals surface area (Å²) in [5.74, 6) is 1.46. The maximum absolute atomic E-state index is 12.8. The number of rotatable bonds is 6. The average Bonchev–Trinajstić information content (AvgIpc) is 3.41. The van der Waals surface area contributed by atoms with Crippen LogP contribution < -0.4 is 15.0 Å². The molecule has 2 aromatic carbocycles. The number of benzene rings is 2. The van der Waals surface area contributed by atoms with E-state index >= 15 is 0 Å². The van der Waals surface area contributed by atoms with Crippen molar-refractivity contribution in [3.8, 4) is 17.1 Å². The molecule has 1 fully saturated rings. The number of carbonyl (C=O) groups excluding carboxylic acids is 2. The molecule has 1 aliphatic rings. The molecule has 30 heavy (non-hydrogen) atoms. The summed E-state index contributed by atoms with van der Waals surface area (Å²) in [5.41, 5.74) is 1.75. The molecule has 1 aliphatic heterocycles. The minimum atomic E-state index is -0.316. The van der Waals surface area contributed by atoms with E-state index in [2.05, 4.69) is 20.5 Å². The molecule has 8 nitrogen and oxygen atoms in total. The molecule has 0 spiro atoms. The fourth-order valence-electron chi connectivity index (χ4n) is 3.33. The van der Waals surface area contributed by atoms with Crippen LogP contribution in [0.15, 0.2) is 42.5 Å². The van der Waals surface area contributed by atoms with Crippen molar-refractivity contribution < 1.29 is 14.3 Å². The van der Waals surface area contributed by atoms with E-state index in [1.807, 2.05) is 24.3 Å². The van der Waals surface area contributed by atoms with Crippen LogP contribution in [-0.2, 0) is 11.3 Å². The summed E-state index contributed by atoms with van der Waals surface area (Å²) in [6.07, 6.45) is 1.23. The van der Waals surface area contributed by atoms with Gasteiger partial charge in [-0.25, -0.2) is 4.98 Å². The lowest BCUT2D eigenvalue weighted by molar-refractivity contribution is -0.117. The number of hydrogen-bond acceptors (Lipinski definition) is 5. The summed E-state index contributed by atoms with van der Waals surface area (Å²) in [6.45, 7) is 0.741. The first-order chi connectivity index (χ1) is 14.5. The first-order valence-electron chi connectivity index (χ1n) is 9.49. The molecule has 9 heteroatoms. The van der Waals surface area contributed by atoms with Gasteiger partial charge in [0.15, 0.2) is 5.82 Å². The van der Waals surface area contributed by atoms with Crippen molar-refractivity contribution in [2.75, 3.05) is 18.6 Å². The number of H-pyrrole nitrogens is 1. The first-order valence-corrected chi connectivity index (χ1v) is 9.87. The quantitative estimate of drug-likeness (QED) is 0.631. The van der Waals surface area contributed by atoms with Gasteiger partial charge in [-0.3, -0.25) is 14.7 Å². The second kappa shape index (κ2) is 8.54. The van der Waals surface area contributed by atoms with Crippen molar-refractivity contribution in [3.05, 3.63) is 58.9 Å². The number of amides is 2. The number of aromatic nitrogens is 3. The Morgan fingerprint density at radius 2 is 2.07 bits per heavy atom. The Labute approximate surface area is 178 Å². The van der Waals surface area contributed by atoms with Gasteiger partial charge in [-0.05, 0) is 48.9 Å². The Bertz CT molecular complexity index is 1080. The predicted molar refractivity (Wildman–Crippen MR) is 113 cm³/mol. The summed E-state index contributed by atoms with van der Waals surface area (Å²) in [5, 5.41) is 10.3. The van der Waals surface area contributed by atoms with E-state index in [1.54, 1.807) is 30.2 Å². The van der Waals surface area contributed by atoms with E-state index in [0.29, 0.717) is 40.9 Å². The Hall–Kier alpha value is -3.39. The molecule has 154 valence electrons. The average molecular weight is 426 g/mol. The normalized spacial score (nSPS) is 13.5. The van der Waals surface area contributed by atoms with E-state index in [0.717, 1.165) is 17.7 Å². The van der Waals surface area contributed by atoms with Crippen LogP contribution in [0.3, 0.4) is 0 Å². The molecule has 0 bridgehead atoms. The van der Waals surface area contributed by atoms with Gasteiger partial charge in [0, 0.05) is 23.6 Å². The number of hydrogen-bond donors (Lipinski definition) is 2. The van der Waals surface area contributed by atoms with Crippen molar-refractivity contribution >= 4 is 29.1 Å². The van der Waals surface area contributed by atoms with Gasteiger partial charge >= 0.3 is 0 Å². The smallest absolute Gasteiger partial charge is 0.253 e. The molecule has 0 saturated carbocycles. The van der Waals surface area contributed by atoms with E-state index < -0.39 is 0 Å². The van der Waals surface area contributed by atoms with E-state index in [-0.39, 0.29) is 18.4 Å². The van der Waals surface area contributed by atoms with Crippen molar-refractivity contribution in [1.29, 1.82) is 0 Å². The molecule has 1 aromatic heterocycles. The second-order valence-electron chi connectivity index (χ2n) is 6.83. The molecule has 2 N–H and O–H groups in total. The summed E-state index contributed by atoms with van der Waals surface area (Å²) in [4.78, 5) is 31.0. The number of carbonyl (C=O) groups is 2. The van der Waals surface area contributed by atoms with Crippen molar-refractivity contribution in [1.82, 2.24) is 20.5 Å². The fourth-order valence-corrected chi connectivity index (χ4v) is 3.49. The highest BCUT2D eigenvalue weighted by atomic mass is 35.5. The second-order valence-corrected chi connectivity index (χ2v) is 7.26. The lowest BCUT2D eigenvalue weighted by Crippen LogP contribution is -2.29. The summed E-state index contributed by atoms with van der Waals surface area (Å²) >= 11 is 6.10. The molecule has 0 atom stereocenters. The van der Waals surface area contributed by atoms with E-state index in [4.69, 9.17) is 16.3 Å². The highest BCUT2D eigenvalue weighted by Crippen LogP contribution is 2.28. The fraction of sp³-hybridized carbons (Fsp3) is 0.238. The third-order valence-electron chi connectivity index (χ3n) is 4.86. The number of nitrogens with zero attached hydrogens (tertiary/aromatic N) is 3. The van der Waals surface area contributed by atoms with Gasteiger partial charge in [-0.1, -0.05) is 11.6 Å². The molecule has 0 radical (unpaired) electrons. The van der Waals surface area contributed by atoms with Crippen molar-refractivity contribution in [2.24, 2.45) is 0 Å². The van der Waals surface area contributed by atoms with Gasteiger partial charge in [-0.2, -0.15) is 5.10 Å². The van der Waals surface area contributed by atoms with Crippen LogP contribution in [0.25, 0.3) is 11.4 Å². The van der Waals surface area contributed by atoms with Crippen LogP contribution in [0.1, 0.15) is 29.0 Å². The van der Waals surface area contributed by atoms with Crippen molar-refractivity contribution in [2.45, 2.75) is 19.4 Å². The molecular formula is C21H20ClN5O3. The van der Waals surface area contributed by atoms with Gasteiger partial charge in [0.05, 0.1) is 24.9 Å². The lowest BCUT2D eigenvalue weighted by Gasteiger charge is -2.19. The van der Waals surface area contributed by atoms with Crippen LogP contribution in [-0.4, -0.2) is 40.7 Å². The highest BCUT2D eigenvalue weighted by molar-refractivity contribution is 6.31. The third kappa shape index (κ3) is 4.13. The summed E-state index contributed by atoms with van der Waals surface area (Å²) in [7, 11) is 1.61. The Balaban J connectivity index is 1.46. The molecule has 0 unspecified atom stereocenters. The van der Waals surface area contributed by atoms with E-state index in [9.17, 15) is 9.59 Å². The third-order valence-corrected chi connectivity index (χ3v) is 5.10. The molecule has 2 heterocycles. The minimum absolute atomic E-state index is 0.00863. The number of ether oxygens (including phenoxy) is 1. The van der Waals surface area contributed by atoms with E-state index in [1.165, 1.54) is 0 Å². The van der Waals surface area contributed by atoms with Crippen LogP contribution in [0.5, 0.6) is 5.75 Å². The molecule has 4 rings (SSSR count). The zero-order valence-electron chi connectivity index (χ0n) is 16.3. The van der Waals surface area contributed by atoms with Gasteiger partial charge in [0.2, 0.25) is 5.91 Å². The number of anilines is 1. The standard InChI is InChI=1S/C21H20ClN5O3/c1-30-15-7-4-13(5-8-15)20-24-18(25-26-20)12-23-21(29)16-9-6-14(22)11-17(16)27-10-2-3-19(27)28/h4-9,11H,2-3,10,12H2,1H3,(H,23,29)(H,24,25,26). The van der Waals surface area contributed by atoms with Crippen LogP contribution >= 0.6 is 11.6 Å². The predicted octanol–water partition coefficient (Wildman–Crippen LogP) is 3.19. The maximum atomic E-state index is 12.8. The minimum Gasteiger partial charge on any atom is -0.497 e. The molecular weight excluding hydrogens is 406 g/mol. The highest BCUT2D eigenvalue weighted by Gasteiger charge is 2.26.